The Morgan fingerprint density at radius 3 is 2.78 bits per heavy atom. The van der Waals surface area contributed by atoms with E-state index in [1.54, 1.807) is 18.4 Å². The summed E-state index contributed by atoms with van der Waals surface area (Å²) in [7, 11) is 1.64. The predicted molar refractivity (Wildman–Crippen MR) is 92.4 cm³/mol. The van der Waals surface area contributed by atoms with Gasteiger partial charge >= 0.3 is 5.97 Å². The Hall–Kier alpha value is -2.12. The first-order chi connectivity index (χ1) is 11.2. The zero-order valence-electron chi connectivity index (χ0n) is 12.4. The van der Waals surface area contributed by atoms with Crippen molar-refractivity contribution in [2.75, 3.05) is 12.9 Å². The van der Waals surface area contributed by atoms with Gasteiger partial charge in [0.1, 0.15) is 21.9 Å². The van der Waals surface area contributed by atoms with Gasteiger partial charge in [-0.3, -0.25) is 4.79 Å². The molecule has 3 rings (SSSR count). The minimum atomic E-state index is -0.802. The van der Waals surface area contributed by atoms with Gasteiger partial charge in [-0.15, -0.1) is 23.1 Å². The average molecular weight is 346 g/mol. The lowest BCUT2D eigenvalue weighted by Crippen LogP contribution is -1.96. The third-order valence-corrected chi connectivity index (χ3v) is 5.17. The average Bonchev–Trinajstić information content (AvgIpc) is 2.99. The highest BCUT2D eigenvalue weighted by atomic mass is 32.2. The van der Waals surface area contributed by atoms with Crippen molar-refractivity contribution in [2.45, 2.75) is 11.4 Å². The molecule has 0 aliphatic heterocycles. The molecule has 2 aromatic heterocycles. The van der Waals surface area contributed by atoms with Gasteiger partial charge < -0.3 is 9.84 Å². The van der Waals surface area contributed by atoms with Crippen LogP contribution in [0.2, 0.25) is 0 Å². The number of carbonyl (C=O) groups is 1. The molecule has 0 aliphatic carbocycles. The Morgan fingerprint density at radius 1 is 1.30 bits per heavy atom. The number of fused-ring (bicyclic) bond motifs is 1. The number of rotatable bonds is 6. The Balaban J connectivity index is 1.98. The van der Waals surface area contributed by atoms with E-state index in [0.29, 0.717) is 5.75 Å². The minimum Gasteiger partial charge on any atom is -0.497 e. The SMILES string of the molecule is COc1ccc(-c2csc3ncnc(SCCC(=O)O)c23)cc1. The first-order valence-electron chi connectivity index (χ1n) is 6.90. The van der Waals surface area contributed by atoms with E-state index < -0.39 is 5.97 Å². The zero-order chi connectivity index (χ0) is 16.2. The molecule has 23 heavy (non-hydrogen) atoms. The number of carboxylic acids is 1. The Labute approximate surface area is 141 Å². The number of hydrogen-bond donors (Lipinski definition) is 1. The van der Waals surface area contributed by atoms with Gasteiger partial charge in [0, 0.05) is 16.7 Å². The van der Waals surface area contributed by atoms with Crippen molar-refractivity contribution in [3.8, 4) is 16.9 Å². The maximum atomic E-state index is 10.7. The molecular weight excluding hydrogens is 332 g/mol. The van der Waals surface area contributed by atoms with Gasteiger partial charge in [-0.1, -0.05) is 12.1 Å². The molecule has 0 saturated heterocycles. The number of nitrogens with zero attached hydrogens (tertiary/aromatic N) is 2. The van der Waals surface area contributed by atoms with Gasteiger partial charge in [-0.25, -0.2) is 9.97 Å². The number of ether oxygens (including phenoxy) is 1. The Morgan fingerprint density at radius 2 is 2.09 bits per heavy atom. The van der Waals surface area contributed by atoms with E-state index in [1.165, 1.54) is 18.1 Å². The monoisotopic (exact) mass is 346 g/mol. The summed E-state index contributed by atoms with van der Waals surface area (Å²) >= 11 is 3.01. The van der Waals surface area contributed by atoms with Crippen molar-refractivity contribution in [3.63, 3.8) is 0 Å². The third-order valence-electron chi connectivity index (χ3n) is 3.29. The summed E-state index contributed by atoms with van der Waals surface area (Å²) in [6.07, 6.45) is 1.64. The fourth-order valence-electron chi connectivity index (χ4n) is 2.18. The maximum Gasteiger partial charge on any atom is 0.304 e. The van der Waals surface area contributed by atoms with Crippen molar-refractivity contribution < 1.29 is 14.6 Å². The van der Waals surface area contributed by atoms with Crippen LogP contribution in [0.1, 0.15) is 6.42 Å². The smallest absolute Gasteiger partial charge is 0.304 e. The van der Waals surface area contributed by atoms with Crippen LogP contribution in [0.3, 0.4) is 0 Å². The van der Waals surface area contributed by atoms with E-state index in [1.807, 2.05) is 24.3 Å². The number of thioether (sulfide) groups is 1. The number of aromatic nitrogens is 2. The second kappa shape index (κ2) is 6.97. The topological polar surface area (TPSA) is 72.3 Å². The largest absolute Gasteiger partial charge is 0.497 e. The second-order valence-electron chi connectivity index (χ2n) is 4.73. The quantitative estimate of drug-likeness (QED) is 0.538. The van der Waals surface area contributed by atoms with Gasteiger partial charge in [-0.2, -0.15) is 0 Å². The lowest BCUT2D eigenvalue weighted by atomic mass is 10.1. The summed E-state index contributed by atoms with van der Waals surface area (Å²) in [5.41, 5.74) is 2.12. The number of hydrogen-bond acceptors (Lipinski definition) is 6. The molecule has 5 nitrogen and oxygen atoms in total. The maximum absolute atomic E-state index is 10.7. The highest BCUT2D eigenvalue weighted by molar-refractivity contribution is 7.99. The van der Waals surface area contributed by atoms with Gasteiger partial charge in [0.15, 0.2) is 0 Å². The van der Waals surface area contributed by atoms with Crippen molar-refractivity contribution in [1.29, 1.82) is 0 Å². The molecule has 2 heterocycles. The van der Waals surface area contributed by atoms with Crippen LogP contribution in [-0.2, 0) is 4.79 Å². The summed E-state index contributed by atoms with van der Waals surface area (Å²) in [5.74, 6) is 0.489. The van der Waals surface area contributed by atoms with Crippen LogP contribution in [0.15, 0.2) is 41.0 Å². The predicted octanol–water partition coefficient (Wildman–Crippen LogP) is 3.93. The van der Waals surface area contributed by atoms with E-state index in [-0.39, 0.29) is 6.42 Å². The standard InChI is InChI=1S/C16H14N2O3S2/c1-21-11-4-2-10(3-5-11)12-8-23-16-14(12)15(17-9-18-16)22-7-6-13(19)20/h2-5,8-9H,6-7H2,1H3,(H,19,20). The molecule has 1 N–H and O–H groups in total. The van der Waals surface area contributed by atoms with E-state index in [0.717, 1.165) is 32.1 Å². The summed E-state index contributed by atoms with van der Waals surface area (Å²) in [6.45, 7) is 0. The molecule has 3 aromatic rings. The highest BCUT2D eigenvalue weighted by Crippen LogP contribution is 2.38. The number of aliphatic carboxylic acids is 1. The van der Waals surface area contributed by atoms with Crippen LogP contribution < -0.4 is 4.74 Å². The van der Waals surface area contributed by atoms with Crippen LogP contribution in [0.4, 0.5) is 0 Å². The Kier molecular flexibility index (Phi) is 4.78. The molecule has 0 bridgehead atoms. The number of thiophene rings is 1. The second-order valence-corrected chi connectivity index (χ2v) is 6.67. The minimum absolute atomic E-state index is 0.109. The summed E-state index contributed by atoms with van der Waals surface area (Å²) < 4.78 is 5.19. The molecule has 118 valence electrons. The number of carboxylic acid groups (broad SMARTS) is 1. The van der Waals surface area contributed by atoms with Crippen LogP contribution in [0, 0.1) is 0 Å². The molecule has 0 unspecified atom stereocenters. The van der Waals surface area contributed by atoms with Crippen LogP contribution in [0.5, 0.6) is 5.75 Å². The molecule has 7 heteroatoms. The van der Waals surface area contributed by atoms with Crippen molar-refractivity contribution in [1.82, 2.24) is 9.97 Å². The Bertz CT molecular complexity index is 831. The van der Waals surface area contributed by atoms with E-state index in [2.05, 4.69) is 15.3 Å². The van der Waals surface area contributed by atoms with Gasteiger partial charge in [0.25, 0.3) is 0 Å². The van der Waals surface area contributed by atoms with E-state index in [9.17, 15) is 4.79 Å². The summed E-state index contributed by atoms with van der Waals surface area (Å²) in [4.78, 5) is 20.3. The summed E-state index contributed by atoms with van der Waals surface area (Å²) in [6, 6.07) is 7.83. The first kappa shape index (κ1) is 15.8. The lowest BCUT2D eigenvalue weighted by molar-refractivity contribution is -0.136. The lowest BCUT2D eigenvalue weighted by Gasteiger charge is -2.05. The van der Waals surface area contributed by atoms with E-state index in [4.69, 9.17) is 9.84 Å². The molecule has 0 fully saturated rings. The first-order valence-corrected chi connectivity index (χ1v) is 8.77. The van der Waals surface area contributed by atoms with Gasteiger partial charge in [0.05, 0.1) is 18.9 Å². The molecule has 0 spiro atoms. The molecule has 0 aliphatic rings. The fourth-order valence-corrected chi connectivity index (χ4v) is 4.10. The van der Waals surface area contributed by atoms with Crippen molar-refractivity contribution in [2.24, 2.45) is 0 Å². The molecule has 0 atom stereocenters. The normalized spacial score (nSPS) is 10.8. The molecular formula is C16H14N2O3S2. The fraction of sp³-hybridized carbons (Fsp3) is 0.188. The van der Waals surface area contributed by atoms with Crippen molar-refractivity contribution in [3.05, 3.63) is 36.0 Å². The molecule has 0 radical (unpaired) electrons. The third kappa shape index (κ3) is 3.46. The molecule has 0 saturated carbocycles. The summed E-state index contributed by atoms with van der Waals surface area (Å²) in [5, 5.41) is 12.7. The van der Waals surface area contributed by atoms with Crippen molar-refractivity contribution >= 4 is 39.3 Å². The number of methoxy groups -OCH3 is 1. The zero-order valence-corrected chi connectivity index (χ0v) is 14.0. The van der Waals surface area contributed by atoms with Crippen LogP contribution in [-0.4, -0.2) is 33.9 Å². The molecule has 1 aromatic carbocycles. The number of benzene rings is 1. The van der Waals surface area contributed by atoms with Crippen LogP contribution in [0.25, 0.3) is 21.3 Å². The molecule has 0 amide bonds. The van der Waals surface area contributed by atoms with Crippen LogP contribution >= 0.6 is 23.1 Å². The van der Waals surface area contributed by atoms with Gasteiger partial charge in [-0.05, 0) is 17.7 Å². The van der Waals surface area contributed by atoms with Gasteiger partial charge in [0.2, 0.25) is 0 Å². The van der Waals surface area contributed by atoms with E-state index >= 15 is 0 Å². The highest BCUT2D eigenvalue weighted by Gasteiger charge is 2.14.